The first-order chi connectivity index (χ1) is 7.38. The van der Waals surface area contributed by atoms with E-state index in [2.05, 4.69) is 0 Å². The summed E-state index contributed by atoms with van der Waals surface area (Å²) in [5, 5.41) is 9.69. The van der Waals surface area contributed by atoms with Gasteiger partial charge in [0.25, 0.3) is 0 Å². The van der Waals surface area contributed by atoms with Gasteiger partial charge >= 0.3 is 0 Å². The molecule has 1 N–H and O–H groups in total. The van der Waals surface area contributed by atoms with Gasteiger partial charge in [0.05, 0.1) is 6.10 Å². The predicted molar refractivity (Wildman–Crippen MR) is 62.0 cm³/mol. The van der Waals surface area contributed by atoms with Gasteiger partial charge < -0.3 is 9.84 Å². The minimum absolute atomic E-state index is 0.0397. The third-order valence-corrected chi connectivity index (χ3v) is 2.12. The molecule has 0 heterocycles. The van der Waals surface area contributed by atoms with Crippen LogP contribution in [0, 0.1) is 11.2 Å². The summed E-state index contributed by atoms with van der Waals surface area (Å²) in [6.45, 7) is 6.25. The fourth-order valence-corrected chi connectivity index (χ4v) is 1.51. The Morgan fingerprint density at radius 3 is 2.50 bits per heavy atom. The second-order valence-corrected chi connectivity index (χ2v) is 5.16. The van der Waals surface area contributed by atoms with Gasteiger partial charge in [-0.3, -0.25) is 0 Å². The maximum atomic E-state index is 13.2. The van der Waals surface area contributed by atoms with E-state index >= 15 is 0 Å². The van der Waals surface area contributed by atoms with Crippen LogP contribution >= 0.6 is 0 Å². The van der Waals surface area contributed by atoms with Gasteiger partial charge in [0.1, 0.15) is 6.61 Å². The van der Waals surface area contributed by atoms with Gasteiger partial charge in [0, 0.05) is 0 Å². The SMILES string of the molecule is CC(C)(C)CC(O)COc1ccccc1F. The molecule has 3 heteroatoms. The summed E-state index contributed by atoms with van der Waals surface area (Å²) >= 11 is 0. The van der Waals surface area contributed by atoms with Crippen LogP contribution < -0.4 is 4.74 Å². The molecule has 2 nitrogen and oxygen atoms in total. The highest BCUT2D eigenvalue weighted by Crippen LogP contribution is 2.22. The van der Waals surface area contributed by atoms with Crippen molar-refractivity contribution in [1.29, 1.82) is 0 Å². The lowest BCUT2D eigenvalue weighted by Crippen LogP contribution is -2.24. The van der Waals surface area contributed by atoms with Crippen LogP contribution in [0.1, 0.15) is 27.2 Å². The summed E-state index contributed by atoms with van der Waals surface area (Å²) in [6, 6.07) is 6.20. The number of ether oxygens (including phenoxy) is 1. The van der Waals surface area contributed by atoms with Gasteiger partial charge in [-0.15, -0.1) is 0 Å². The average Bonchev–Trinajstić information content (AvgIpc) is 2.14. The standard InChI is InChI=1S/C13H19FO2/c1-13(2,3)8-10(15)9-16-12-7-5-4-6-11(12)14/h4-7,10,15H,8-9H2,1-3H3. The lowest BCUT2D eigenvalue weighted by Gasteiger charge is -2.22. The summed E-state index contributed by atoms with van der Waals surface area (Å²) < 4.78 is 18.4. The Bertz CT molecular complexity index is 331. The van der Waals surface area contributed by atoms with E-state index in [-0.39, 0.29) is 17.8 Å². The number of para-hydroxylation sites is 1. The first kappa shape index (κ1) is 13.0. The molecule has 1 atom stereocenters. The zero-order valence-corrected chi connectivity index (χ0v) is 10.0. The molecule has 0 radical (unpaired) electrons. The first-order valence-corrected chi connectivity index (χ1v) is 5.44. The molecule has 0 fully saturated rings. The molecule has 0 spiro atoms. The minimum atomic E-state index is -0.570. The van der Waals surface area contributed by atoms with E-state index in [9.17, 15) is 9.50 Å². The van der Waals surface area contributed by atoms with Gasteiger partial charge in [0.2, 0.25) is 0 Å². The smallest absolute Gasteiger partial charge is 0.165 e. The first-order valence-electron chi connectivity index (χ1n) is 5.44. The maximum absolute atomic E-state index is 13.2. The molecule has 0 bridgehead atoms. The number of aliphatic hydroxyl groups excluding tert-OH is 1. The quantitative estimate of drug-likeness (QED) is 0.855. The molecular formula is C13H19FO2. The number of halogens is 1. The highest BCUT2D eigenvalue weighted by atomic mass is 19.1. The Labute approximate surface area is 96.1 Å². The Morgan fingerprint density at radius 1 is 1.31 bits per heavy atom. The van der Waals surface area contributed by atoms with Crippen LogP contribution in [-0.4, -0.2) is 17.8 Å². The van der Waals surface area contributed by atoms with Crippen molar-refractivity contribution in [2.75, 3.05) is 6.61 Å². The maximum Gasteiger partial charge on any atom is 0.165 e. The molecule has 0 saturated carbocycles. The second kappa shape index (κ2) is 5.30. The van der Waals surface area contributed by atoms with E-state index in [0.717, 1.165) is 0 Å². The van der Waals surface area contributed by atoms with Crippen molar-refractivity contribution in [3.05, 3.63) is 30.1 Å². The Balaban J connectivity index is 2.43. The topological polar surface area (TPSA) is 29.5 Å². The van der Waals surface area contributed by atoms with Crippen molar-refractivity contribution >= 4 is 0 Å². The summed E-state index contributed by atoms with van der Waals surface area (Å²) in [7, 11) is 0. The number of hydrogen-bond acceptors (Lipinski definition) is 2. The van der Waals surface area contributed by atoms with Gasteiger partial charge in [0.15, 0.2) is 11.6 Å². The van der Waals surface area contributed by atoms with Crippen LogP contribution in [0.2, 0.25) is 0 Å². The van der Waals surface area contributed by atoms with E-state index in [1.807, 2.05) is 20.8 Å². The summed E-state index contributed by atoms with van der Waals surface area (Å²) in [6.07, 6.45) is 0.0566. The Kier molecular flexibility index (Phi) is 4.30. The molecule has 1 aromatic carbocycles. The molecule has 16 heavy (non-hydrogen) atoms. The van der Waals surface area contributed by atoms with E-state index in [1.165, 1.54) is 6.07 Å². The van der Waals surface area contributed by atoms with E-state index < -0.39 is 11.9 Å². The van der Waals surface area contributed by atoms with Gasteiger partial charge in [-0.2, -0.15) is 0 Å². The van der Waals surface area contributed by atoms with Crippen LogP contribution in [0.15, 0.2) is 24.3 Å². The highest BCUT2D eigenvalue weighted by Gasteiger charge is 2.17. The molecule has 0 aliphatic rings. The fraction of sp³-hybridized carbons (Fsp3) is 0.538. The van der Waals surface area contributed by atoms with Crippen LogP contribution in [0.25, 0.3) is 0 Å². The van der Waals surface area contributed by atoms with Crippen LogP contribution in [0.4, 0.5) is 4.39 Å². The lowest BCUT2D eigenvalue weighted by atomic mass is 9.89. The summed E-state index contributed by atoms with van der Waals surface area (Å²) in [4.78, 5) is 0. The monoisotopic (exact) mass is 226 g/mol. The van der Waals surface area contributed by atoms with Crippen molar-refractivity contribution in [3.63, 3.8) is 0 Å². The second-order valence-electron chi connectivity index (χ2n) is 5.16. The molecular weight excluding hydrogens is 207 g/mol. The molecule has 0 aromatic heterocycles. The van der Waals surface area contributed by atoms with Crippen molar-refractivity contribution in [2.24, 2.45) is 5.41 Å². The lowest BCUT2D eigenvalue weighted by molar-refractivity contribution is 0.0695. The van der Waals surface area contributed by atoms with Crippen molar-refractivity contribution < 1.29 is 14.2 Å². The van der Waals surface area contributed by atoms with E-state index in [4.69, 9.17) is 4.74 Å². The number of rotatable bonds is 4. The molecule has 0 aliphatic carbocycles. The van der Waals surface area contributed by atoms with Crippen molar-refractivity contribution in [1.82, 2.24) is 0 Å². The molecule has 90 valence electrons. The minimum Gasteiger partial charge on any atom is -0.488 e. The van der Waals surface area contributed by atoms with Gasteiger partial charge in [-0.05, 0) is 24.0 Å². The zero-order chi connectivity index (χ0) is 12.2. The molecule has 1 rings (SSSR count). The van der Waals surface area contributed by atoms with E-state index in [1.54, 1.807) is 18.2 Å². The third kappa shape index (κ3) is 4.62. The fourth-order valence-electron chi connectivity index (χ4n) is 1.51. The number of hydrogen-bond donors (Lipinski definition) is 1. The van der Waals surface area contributed by atoms with Crippen LogP contribution in [0.5, 0.6) is 5.75 Å². The molecule has 0 amide bonds. The van der Waals surface area contributed by atoms with Crippen LogP contribution in [0.3, 0.4) is 0 Å². The van der Waals surface area contributed by atoms with Gasteiger partial charge in [-0.25, -0.2) is 4.39 Å². The predicted octanol–water partition coefficient (Wildman–Crippen LogP) is 3.00. The largest absolute Gasteiger partial charge is 0.488 e. The number of benzene rings is 1. The summed E-state index contributed by atoms with van der Waals surface area (Å²) in [5.41, 5.74) is 0.0397. The van der Waals surface area contributed by atoms with Crippen molar-refractivity contribution in [3.8, 4) is 5.75 Å². The molecule has 0 saturated heterocycles. The Morgan fingerprint density at radius 2 is 1.94 bits per heavy atom. The molecule has 0 aliphatic heterocycles. The normalized spacial score (nSPS) is 13.6. The highest BCUT2D eigenvalue weighted by molar-refractivity contribution is 5.23. The Hall–Kier alpha value is -1.09. The third-order valence-electron chi connectivity index (χ3n) is 2.12. The van der Waals surface area contributed by atoms with E-state index in [0.29, 0.717) is 6.42 Å². The average molecular weight is 226 g/mol. The number of aliphatic hydroxyl groups is 1. The van der Waals surface area contributed by atoms with Crippen LogP contribution in [-0.2, 0) is 0 Å². The molecule has 1 unspecified atom stereocenters. The summed E-state index contributed by atoms with van der Waals surface area (Å²) in [5.74, 6) is -0.207. The zero-order valence-electron chi connectivity index (χ0n) is 10.0. The van der Waals surface area contributed by atoms with Gasteiger partial charge in [-0.1, -0.05) is 32.9 Å². The van der Waals surface area contributed by atoms with Crippen molar-refractivity contribution in [2.45, 2.75) is 33.3 Å². The molecule has 1 aromatic rings.